The monoisotopic (exact) mass is 490 g/mol. The van der Waals surface area contributed by atoms with Crippen LogP contribution in [0.2, 0.25) is 0 Å². The Labute approximate surface area is 199 Å². The third-order valence-corrected chi connectivity index (χ3v) is 8.11. The van der Waals surface area contributed by atoms with Gasteiger partial charge in [-0.15, -0.1) is 0 Å². The fraction of sp³-hybridized carbons (Fsp3) is 0.565. The Morgan fingerprint density at radius 1 is 1.12 bits per heavy atom. The Hall–Kier alpha value is -2.95. The molecule has 34 heavy (non-hydrogen) atoms. The molecular formula is C23H30N4O6S. The molecule has 0 aromatic heterocycles. The number of benzene rings is 1. The number of piperidine rings is 1. The van der Waals surface area contributed by atoms with Crippen LogP contribution in [0, 0.1) is 0 Å². The summed E-state index contributed by atoms with van der Waals surface area (Å²) in [7, 11) is -3.21. The molecule has 1 aromatic carbocycles. The minimum absolute atomic E-state index is 0.00698. The van der Waals surface area contributed by atoms with E-state index in [1.54, 1.807) is 0 Å². The molecule has 3 aliphatic heterocycles. The number of rotatable bonds is 6. The molecule has 11 heteroatoms. The van der Waals surface area contributed by atoms with Gasteiger partial charge in [0.15, 0.2) is 15.9 Å². The number of hydrazone groups is 1. The van der Waals surface area contributed by atoms with Crippen LogP contribution < -0.4 is 10.2 Å². The van der Waals surface area contributed by atoms with Gasteiger partial charge in [-0.2, -0.15) is 5.10 Å². The van der Waals surface area contributed by atoms with Gasteiger partial charge in [0.1, 0.15) is 5.71 Å². The summed E-state index contributed by atoms with van der Waals surface area (Å²) >= 11 is 0. The van der Waals surface area contributed by atoms with Crippen LogP contribution in [0.5, 0.6) is 0 Å². The van der Waals surface area contributed by atoms with Crippen molar-refractivity contribution < 1.29 is 27.5 Å². The van der Waals surface area contributed by atoms with Gasteiger partial charge in [-0.3, -0.25) is 9.59 Å². The molecule has 10 nitrogen and oxygen atoms in total. The smallest absolute Gasteiger partial charge is 0.355 e. The average molecular weight is 491 g/mol. The predicted molar refractivity (Wildman–Crippen MR) is 127 cm³/mol. The summed E-state index contributed by atoms with van der Waals surface area (Å²) in [5, 5.41) is 7.93. The highest BCUT2D eigenvalue weighted by Gasteiger charge is 2.38. The first-order chi connectivity index (χ1) is 16.2. The second kappa shape index (κ2) is 10.1. The van der Waals surface area contributed by atoms with Crippen LogP contribution in [0.15, 0.2) is 29.4 Å². The number of carbonyl (C=O) groups excluding carboxylic acids is 3. The average Bonchev–Trinajstić information content (AvgIpc) is 3.19. The molecule has 0 aliphatic carbocycles. The van der Waals surface area contributed by atoms with Crippen LogP contribution in [-0.4, -0.2) is 73.7 Å². The molecule has 2 saturated heterocycles. The van der Waals surface area contributed by atoms with Crippen LogP contribution in [0.3, 0.4) is 0 Å². The summed E-state index contributed by atoms with van der Waals surface area (Å²) in [5.41, 5.74) is 1.72. The highest BCUT2D eigenvalue weighted by molar-refractivity contribution is 7.91. The number of anilines is 2. The maximum absolute atomic E-state index is 12.6. The maximum atomic E-state index is 12.6. The normalized spacial score (nSPS) is 23.3. The Balaban J connectivity index is 1.33. The van der Waals surface area contributed by atoms with Crippen molar-refractivity contribution in [1.29, 1.82) is 0 Å². The molecule has 2 fully saturated rings. The second-order valence-electron chi connectivity index (χ2n) is 8.97. The molecule has 0 bridgehead atoms. The van der Waals surface area contributed by atoms with Crippen molar-refractivity contribution in [3.63, 3.8) is 0 Å². The van der Waals surface area contributed by atoms with Crippen LogP contribution in [-0.2, 0) is 29.0 Å². The second-order valence-corrected chi connectivity index (χ2v) is 11.2. The third-order valence-electron chi connectivity index (χ3n) is 6.36. The lowest BCUT2D eigenvalue weighted by Gasteiger charge is -2.29. The number of amides is 2. The molecule has 3 heterocycles. The van der Waals surface area contributed by atoms with E-state index in [0.29, 0.717) is 5.69 Å². The Morgan fingerprint density at radius 3 is 2.47 bits per heavy atom. The van der Waals surface area contributed by atoms with Gasteiger partial charge in [0.05, 0.1) is 17.5 Å². The summed E-state index contributed by atoms with van der Waals surface area (Å²) in [6.07, 6.45) is 2.94. The van der Waals surface area contributed by atoms with Crippen molar-refractivity contribution in [3.8, 4) is 0 Å². The van der Waals surface area contributed by atoms with Crippen LogP contribution in [0.4, 0.5) is 11.4 Å². The van der Waals surface area contributed by atoms with E-state index in [-0.39, 0.29) is 42.4 Å². The van der Waals surface area contributed by atoms with Crippen molar-refractivity contribution in [3.05, 3.63) is 24.3 Å². The van der Waals surface area contributed by atoms with Gasteiger partial charge in [-0.05, 0) is 56.9 Å². The van der Waals surface area contributed by atoms with E-state index < -0.39 is 33.9 Å². The van der Waals surface area contributed by atoms with Gasteiger partial charge in [0.2, 0.25) is 5.91 Å². The SMILES string of the molecule is C[C@@H](OC(=O)C1=NN([C@H]2CCS(=O)(=O)C2)C(=O)CC1)C(=O)Nc1ccc(N2CCCCC2)cc1. The van der Waals surface area contributed by atoms with Gasteiger partial charge < -0.3 is 15.0 Å². The van der Waals surface area contributed by atoms with Crippen molar-refractivity contribution in [2.45, 2.75) is 57.6 Å². The molecule has 1 N–H and O–H groups in total. The minimum Gasteiger partial charge on any atom is -0.448 e. The maximum Gasteiger partial charge on any atom is 0.355 e. The molecule has 2 amide bonds. The van der Waals surface area contributed by atoms with E-state index in [4.69, 9.17) is 4.74 Å². The van der Waals surface area contributed by atoms with E-state index >= 15 is 0 Å². The van der Waals surface area contributed by atoms with E-state index in [0.717, 1.165) is 23.8 Å². The molecule has 184 valence electrons. The molecule has 1 aromatic rings. The highest BCUT2D eigenvalue weighted by atomic mass is 32.2. The number of ether oxygens (including phenoxy) is 1. The number of hydrogen-bond acceptors (Lipinski definition) is 8. The van der Waals surface area contributed by atoms with Crippen molar-refractivity contribution in [2.24, 2.45) is 5.10 Å². The quantitative estimate of drug-likeness (QED) is 0.602. The molecular weight excluding hydrogens is 460 g/mol. The fourth-order valence-electron chi connectivity index (χ4n) is 4.41. The fourth-order valence-corrected chi connectivity index (χ4v) is 6.10. The molecule has 4 rings (SSSR count). The van der Waals surface area contributed by atoms with Crippen LogP contribution in [0.1, 0.15) is 45.4 Å². The molecule has 0 saturated carbocycles. The van der Waals surface area contributed by atoms with Gasteiger partial charge in [0.25, 0.3) is 5.91 Å². The summed E-state index contributed by atoms with van der Waals surface area (Å²) < 4.78 is 28.8. The van der Waals surface area contributed by atoms with Crippen molar-refractivity contribution in [1.82, 2.24) is 5.01 Å². The van der Waals surface area contributed by atoms with Gasteiger partial charge in [-0.25, -0.2) is 18.2 Å². The van der Waals surface area contributed by atoms with E-state index in [1.165, 1.54) is 26.2 Å². The first-order valence-electron chi connectivity index (χ1n) is 11.7. The topological polar surface area (TPSA) is 125 Å². The van der Waals surface area contributed by atoms with Crippen molar-refractivity contribution >= 4 is 44.7 Å². The first-order valence-corrected chi connectivity index (χ1v) is 13.5. The Bertz CT molecular complexity index is 1080. The standard InChI is InChI=1S/C23H30N4O6S/c1-16(22(29)24-17-5-7-18(8-6-17)26-12-3-2-4-13-26)33-23(30)20-9-10-21(28)27(25-20)19-11-14-34(31,32)15-19/h5-8,16,19H,2-4,9-15H2,1H3,(H,24,29)/t16-,19+/m1/s1. The lowest BCUT2D eigenvalue weighted by Crippen LogP contribution is -2.42. The van der Waals surface area contributed by atoms with Gasteiger partial charge in [-0.1, -0.05) is 0 Å². The van der Waals surface area contributed by atoms with Crippen LogP contribution in [0.25, 0.3) is 0 Å². The number of nitrogens with one attached hydrogen (secondary N) is 1. The van der Waals surface area contributed by atoms with Gasteiger partial charge >= 0.3 is 5.97 Å². The summed E-state index contributed by atoms with van der Waals surface area (Å²) in [6.45, 7) is 3.52. The summed E-state index contributed by atoms with van der Waals surface area (Å²) in [5.74, 6) is -1.77. The zero-order valence-electron chi connectivity index (χ0n) is 19.2. The number of nitrogens with zero attached hydrogens (tertiary/aromatic N) is 3. The summed E-state index contributed by atoms with van der Waals surface area (Å²) in [4.78, 5) is 39.7. The lowest BCUT2D eigenvalue weighted by atomic mass is 10.1. The van der Waals surface area contributed by atoms with Crippen molar-refractivity contribution in [2.75, 3.05) is 34.8 Å². The predicted octanol–water partition coefficient (Wildman–Crippen LogP) is 1.71. The molecule has 2 atom stereocenters. The number of hydrogen-bond donors (Lipinski definition) is 1. The zero-order chi connectivity index (χ0) is 24.3. The van der Waals surface area contributed by atoms with E-state index in [1.807, 2.05) is 24.3 Å². The van der Waals surface area contributed by atoms with E-state index in [2.05, 4.69) is 15.3 Å². The number of sulfone groups is 1. The molecule has 0 radical (unpaired) electrons. The zero-order valence-corrected chi connectivity index (χ0v) is 20.1. The largest absolute Gasteiger partial charge is 0.448 e. The third kappa shape index (κ3) is 5.75. The lowest BCUT2D eigenvalue weighted by molar-refractivity contribution is -0.147. The Kier molecular flexibility index (Phi) is 7.20. The number of esters is 1. The highest BCUT2D eigenvalue weighted by Crippen LogP contribution is 2.23. The molecule has 3 aliphatic rings. The minimum atomic E-state index is -3.21. The molecule has 0 unspecified atom stereocenters. The first kappa shape index (κ1) is 24.2. The summed E-state index contributed by atoms with van der Waals surface area (Å²) in [6, 6.07) is 6.99. The van der Waals surface area contributed by atoms with Gasteiger partial charge in [0, 0.05) is 37.3 Å². The number of carbonyl (C=O) groups is 3. The Morgan fingerprint density at radius 2 is 1.82 bits per heavy atom. The molecule has 0 spiro atoms. The van der Waals surface area contributed by atoms with Crippen LogP contribution >= 0.6 is 0 Å². The van der Waals surface area contributed by atoms with E-state index in [9.17, 15) is 22.8 Å².